The van der Waals surface area contributed by atoms with Gasteiger partial charge in [0.05, 0.1) is 29.8 Å². The molecule has 0 saturated carbocycles. The van der Waals surface area contributed by atoms with Crippen molar-refractivity contribution < 1.29 is 5.11 Å². The van der Waals surface area contributed by atoms with Gasteiger partial charge in [-0.1, -0.05) is 19.1 Å². The highest BCUT2D eigenvalue weighted by atomic mass is 16.3. The number of hydrogen-bond acceptors (Lipinski definition) is 4. The summed E-state index contributed by atoms with van der Waals surface area (Å²) in [7, 11) is 0. The molecule has 2 aromatic rings. The Morgan fingerprint density at radius 2 is 2.24 bits per heavy atom. The summed E-state index contributed by atoms with van der Waals surface area (Å²) in [6.07, 6.45) is 0. The molecule has 1 aromatic carbocycles. The molecule has 0 aliphatic heterocycles. The second-order valence-corrected chi connectivity index (χ2v) is 4.34. The van der Waals surface area contributed by atoms with Crippen LogP contribution in [0.3, 0.4) is 0 Å². The van der Waals surface area contributed by atoms with Gasteiger partial charge in [0, 0.05) is 0 Å². The smallest absolute Gasteiger partial charge is 0.113 e. The molecule has 0 amide bonds. The van der Waals surface area contributed by atoms with Crippen LogP contribution in [-0.4, -0.2) is 26.7 Å². The SMILES string of the molecule is CC(C)C(CO)n1nnc2ccc(C#N)cc21. The van der Waals surface area contributed by atoms with Crippen molar-refractivity contribution in [3.63, 3.8) is 0 Å². The summed E-state index contributed by atoms with van der Waals surface area (Å²) in [5, 5.41) is 26.4. The first-order valence-electron chi connectivity index (χ1n) is 5.53. The van der Waals surface area contributed by atoms with E-state index in [9.17, 15) is 5.11 Å². The largest absolute Gasteiger partial charge is 0.394 e. The molecule has 88 valence electrons. The first kappa shape index (κ1) is 11.6. The van der Waals surface area contributed by atoms with Crippen LogP contribution < -0.4 is 0 Å². The van der Waals surface area contributed by atoms with Crippen molar-refractivity contribution in [2.24, 2.45) is 5.92 Å². The van der Waals surface area contributed by atoms with E-state index in [4.69, 9.17) is 5.26 Å². The van der Waals surface area contributed by atoms with E-state index < -0.39 is 0 Å². The van der Waals surface area contributed by atoms with Gasteiger partial charge in [-0.3, -0.25) is 0 Å². The second kappa shape index (κ2) is 4.52. The van der Waals surface area contributed by atoms with E-state index in [2.05, 4.69) is 16.4 Å². The molecule has 0 saturated heterocycles. The molecule has 1 atom stereocenters. The van der Waals surface area contributed by atoms with Gasteiger partial charge in [0.1, 0.15) is 5.52 Å². The number of nitrogens with zero attached hydrogens (tertiary/aromatic N) is 4. The molecule has 5 nitrogen and oxygen atoms in total. The van der Waals surface area contributed by atoms with Crippen LogP contribution in [0.25, 0.3) is 11.0 Å². The van der Waals surface area contributed by atoms with Crippen LogP contribution in [0.4, 0.5) is 0 Å². The summed E-state index contributed by atoms with van der Waals surface area (Å²) in [6.45, 7) is 4.04. The molecule has 2 rings (SSSR count). The van der Waals surface area contributed by atoms with Crippen molar-refractivity contribution in [1.29, 1.82) is 5.26 Å². The lowest BCUT2D eigenvalue weighted by atomic mass is 10.1. The lowest BCUT2D eigenvalue weighted by Gasteiger charge is -2.18. The number of benzene rings is 1. The fourth-order valence-corrected chi connectivity index (χ4v) is 1.82. The lowest BCUT2D eigenvalue weighted by molar-refractivity contribution is 0.184. The van der Waals surface area contributed by atoms with Crippen LogP contribution in [-0.2, 0) is 0 Å². The molecule has 1 aromatic heterocycles. The molecule has 17 heavy (non-hydrogen) atoms. The Labute approximate surface area is 99.3 Å². The molecular formula is C12H14N4O. The molecular weight excluding hydrogens is 216 g/mol. The van der Waals surface area contributed by atoms with Gasteiger partial charge in [0.15, 0.2) is 0 Å². The molecule has 0 spiro atoms. The third kappa shape index (κ3) is 1.99. The van der Waals surface area contributed by atoms with Crippen LogP contribution in [0.2, 0.25) is 0 Å². The quantitative estimate of drug-likeness (QED) is 0.866. The summed E-state index contributed by atoms with van der Waals surface area (Å²) in [6, 6.07) is 7.21. The molecule has 1 heterocycles. The zero-order valence-corrected chi connectivity index (χ0v) is 9.83. The van der Waals surface area contributed by atoms with Crippen molar-refractivity contribution in [3.8, 4) is 6.07 Å². The molecule has 0 bridgehead atoms. The van der Waals surface area contributed by atoms with Crippen molar-refractivity contribution in [3.05, 3.63) is 23.8 Å². The van der Waals surface area contributed by atoms with E-state index in [0.29, 0.717) is 5.56 Å². The van der Waals surface area contributed by atoms with Gasteiger partial charge in [0.2, 0.25) is 0 Å². The summed E-state index contributed by atoms with van der Waals surface area (Å²) in [5.41, 5.74) is 2.10. The number of aliphatic hydroxyl groups excluding tert-OH is 1. The van der Waals surface area contributed by atoms with Crippen LogP contribution in [0, 0.1) is 17.2 Å². The minimum absolute atomic E-state index is 0.00685. The number of aromatic nitrogens is 3. The standard InChI is InChI=1S/C12H14N4O/c1-8(2)12(7-17)16-11-5-9(6-13)3-4-10(11)14-15-16/h3-5,8,12,17H,7H2,1-2H3. The van der Waals surface area contributed by atoms with Crippen molar-refractivity contribution >= 4 is 11.0 Å². The van der Waals surface area contributed by atoms with Gasteiger partial charge in [-0.05, 0) is 24.1 Å². The first-order chi connectivity index (χ1) is 8.17. The van der Waals surface area contributed by atoms with E-state index in [-0.39, 0.29) is 18.6 Å². The molecule has 0 aliphatic carbocycles. The highest BCUT2D eigenvalue weighted by molar-refractivity contribution is 5.76. The topological polar surface area (TPSA) is 74.7 Å². The van der Waals surface area contributed by atoms with Gasteiger partial charge in [-0.2, -0.15) is 5.26 Å². The summed E-state index contributed by atoms with van der Waals surface area (Å²) in [5.74, 6) is 0.246. The molecule has 0 aliphatic rings. The van der Waals surface area contributed by atoms with Crippen LogP contribution in [0.5, 0.6) is 0 Å². The molecule has 1 unspecified atom stereocenters. The third-order valence-electron chi connectivity index (χ3n) is 2.87. The number of hydrogen-bond donors (Lipinski definition) is 1. The van der Waals surface area contributed by atoms with Crippen molar-refractivity contribution in [2.45, 2.75) is 19.9 Å². The Kier molecular flexibility index (Phi) is 3.07. The zero-order chi connectivity index (χ0) is 12.4. The average molecular weight is 230 g/mol. The predicted molar refractivity (Wildman–Crippen MR) is 63.2 cm³/mol. The van der Waals surface area contributed by atoms with Gasteiger partial charge in [-0.15, -0.1) is 5.10 Å². The normalized spacial score (nSPS) is 12.9. The maximum atomic E-state index is 9.40. The van der Waals surface area contributed by atoms with Crippen LogP contribution in [0.15, 0.2) is 18.2 Å². The molecule has 1 N–H and O–H groups in total. The van der Waals surface area contributed by atoms with E-state index in [1.807, 2.05) is 13.8 Å². The number of fused-ring (bicyclic) bond motifs is 1. The maximum absolute atomic E-state index is 9.40. The Morgan fingerprint density at radius 1 is 1.47 bits per heavy atom. The third-order valence-corrected chi connectivity index (χ3v) is 2.87. The predicted octanol–water partition coefficient (Wildman–Crippen LogP) is 1.49. The fourth-order valence-electron chi connectivity index (χ4n) is 1.82. The van der Waals surface area contributed by atoms with E-state index >= 15 is 0 Å². The maximum Gasteiger partial charge on any atom is 0.113 e. The lowest BCUT2D eigenvalue weighted by Crippen LogP contribution is -2.20. The van der Waals surface area contributed by atoms with Crippen molar-refractivity contribution in [2.75, 3.05) is 6.61 Å². The zero-order valence-electron chi connectivity index (χ0n) is 9.83. The van der Waals surface area contributed by atoms with Crippen molar-refractivity contribution in [1.82, 2.24) is 15.0 Å². The van der Waals surface area contributed by atoms with E-state index in [1.54, 1.807) is 22.9 Å². The molecule has 5 heteroatoms. The molecule has 0 fully saturated rings. The van der Waals surface area contributed by atoms with Crippen LogP contribution in [0.1, 0.15) is 25.5 Å². The van der Waals surface area contributed by atoms with Gasteiger partial charge in [0.25, 0.3) is 0 Å². The Balaban J connectivity index is 2.58. The molecule has 0 radical (unpaired) electrons. The minimum Gasteiger partial charge on any atom is -0.394 e. The second-order valence-electron chi connectivity index (χ2n) is 4.34. The summed E-state index contributed by atoms with van der Waals surface area (Å²) < 4.78 is 1.70. The Hall–Kier alpha value is -1.93. The summed E-state index contributed by atoms with van der Waals surface area (Å²) >= 11 is 0. The number of nitriles is 1. The highest BCUT2D eigenvalue weighted by Gasteiger charge is 2.18. The average Bonchev–Trinajstić information content (AvgIpc) is 2.73. The Bertz CT molecular complexity index is 567. The van der Waals surface area contributed by atoms with Gasteiger partial charge >= 0.3 is 0 Å². The number of aliphatic hydroxyl groups is 1. The van der Waals surface area contributed by atoms with Crippen LogP contribution >= 0.6 is 0 Å². The number of rotatable bonds is 3. The Morgan fingerprint density at radius 3 is 2.82 bits per heavy atom. The highest BCUT2D eigenvalue weighted by Crippen LogP contribution is 2.22. The minimum atomic E-state index is -0.117. The monoisotopic (exact) mass is 230 g/mol. The summed E-state index contributed by atoms with van der Waals surface area (Å²) in [4.78, 5) is 0. The van der Waals surface area contributed by atoms with E-state index in [0.717, 1.165) is 11.0 Å². The van der Waals surface area contributed by atoms with Gasteiger partial charge < -0.3 is 5.11 Å². The van der Waals surface area contributed by atoms with Gasteiger partial charge in [-0.25, -0.2) is 4.68 Å². The van der Waals surface area contributed by atoms with E-state index in [1.165, 1.54) is 0 Å². The first-order valence-corrected chi connectivity index (χ1v) is 5.53. The fraction of sp³-hybridized carbons (Fsp3) is 0.417.